The molecule has 4 rings (SSSR count). The van der Waals surface area contributed by atoms with Crippen LogP contribution in [-0.4, -0.2) is 30.3 Å². The van der Waals surface area contributed by atoms with E-state index >= 15 is 0 Å². The van der Waals surface area contributed by atoms with Crippen molar-refractivity contribution in [3.8, 4) is 5.75 Å². The Morgan fingerprint density at radius 3 is 2.36 bits per heavy atom. The number of aryl methyl sites for hydroxylation is 2. The molecule has 0 saturated carbocycles. The number of amides is 1. The molecular weight excluding hydrogens is 429 g/mol. The Hall–Kier alpha value is -2.54. The third-order valence-corrected chi connectivity index (χ3v) is 6.11. The number of benzene rings is 2. The molecule has 1 fully saturated rings. The fraction of sp³-hybridized carbons (Fsp3) is 0.500. The molecule has 7 heteroatoms. The molecule has 0 unspecified atom stereocenters. The quantitative estimate of drug-likeness (QED) is 0.580. The van der Waals surface area contributed by atoms with E-state index in [9.17, 15) is 18.0 Å². The molecule has 2 aliphatic heterocycles. The fourth-order valence-electron chi connectivity index (χ4n) is 4.65. The van der Waals surface area contributed by atoms with Gasteiger partial charge in [0, 0.05) is 18.7 Å². The van der Waals surface area contributed by atoms with E-state index in [-0.39, 0.29) is 11.7 Å². The summed E-state index contributed by atoms with van der Waals surface area (Å²) in [4.78, 5) is 14.2. The molecule has 33 heavy (non-hydrogen) atoms. The first kappa shape index (κ1) is 25.1. The van der Waals surface area contributed by atoms with Crippen LogP contribution < -0.4 is 10.1 Å². The van der Waals surface area contributed by atoms with Crippen LogP contribution in [0.5, 0.6) is 5.75 Å². The van der Waals surface area contributed by atoms with Crippen LogP contribution in [0, 0.1) is 19.8 Å². The third-order valence-electron chi connectivity index (χ3n) is 6.11. The van der Waals surface area contributed by atoms with Gasteiger partial charge in [0.15, 0.2) is 0 Å². The minimum Gasteiger partial charge on any atom is -0.406 e. The van der Waals surface area contributed by atoms with Crippen molar-refractivity contribution in [2.75, 3.05) is 13.1 Å². The second kappa shape index (κ2) is 11.1. The van der Waals surface area contributed by atoms with Gasteiger partial charge < -0.3 is 15.0 Å². The summed E-state index contributed by atoms with van der Waals surface area (Å²) in [5, 5.41) is 3.37. The molecule has 1 saturated heterocycles. The molecular formula is C26H33F3N2O2. The van der Waals surface area contributed by atoms with Gasteiger partial charge in [0.25, 0.3) is 5.91 Å². The predicted octanol–water partition coefficient (Wildman–Crippen LogP) is 6.14. The lowest BCUT2D eigenvalue weighted by molar-refractivity contribution is -0.274. The van der Waals surface area contributed by atoms with E-state index < -0.39 is 6.36 Å². The van der Waals surface area contributed by atoms with E-state index in [0.717, 1.165) is 33.7 Å². The van der Waals surface area contributed by atoms with Gasteiger partial charge in [-0.3, -0.25) is 4.79 Å². The van der Waals surface area contributed by atoms with Crippen molar-refractivity contribution in [2.24, 2.45) is 5.92 Å². The highest BCUT2D eigenvalue weighted by molar-refractivity contribution is 5.99. The van der Waals surface area contributed by atoms with Gasteiger partial charge in [0.1, 0.15) is 5.75 Å². The van der Waals surface area contributed by atoms with Crippen LogP contribution in [0.15, 0.2) is 36.4 Å². The van der Waals surface area contributed by atoms with Crippen LogP contribution in [0.25, 0.3) is 0 Å². The number of hydrogen-bond donors (Lipinski definition) is 1. The molecule has 2 heterocycles. The predicted molar refractivity (Wildman–Crippen MR) is 123 cm³/mol. The summed E-state index contributed by atoms with van der Waals surface area (Å²) in [6.07, 6.45) is 0.928. The molecule has 2 aromatic rings. The van der Waals surface area contributed by atoms with E-state index in [1.165, 1.54) is 63.0 Å². The van der Waals surface area contributed by atoms with Gasteiger partial charge in [0.2, 0.25) is 0 Å². The molecule has 1 amide bonds. The first-order valence-electron chi connectivity index (χ1n) is 11.6. The Kier molecular flexibility index (Phi) is 8.40. The minimum absolute atomic E-state index is 0.0434. The van der Waals surface area contributed by atoms with Crippen molar-refractivity contribution in [3.63, 3.8) is 0 Å². The first-order chi connectivity index (χ1) is 15.7. The van der Waals surface area contributed by atoms with E-state index in [0.29, 0.717) is 13.1 Å². The standard InChI is InChI=1S/C18H16F3NO2.C8H17N/c1-11-7-12(2)16-14(8-11)10-22(17(16)23)9-13-3-5-15(6-4-13)24-18(19,20)21;1-2-3-8-4-6-9-7-5-8/h3-8H,9-10H2,1-2H3;8-9H,2-7H2,1H3. The van der Waals surface area contributed by atoms with Crippen molar-refractivity contribution in [2.45, 2.75) is 65.9 Å². The molecule has 4 nitrogen and oxygen atoms in total. The third kappa shape index (κ3) is 7.22. The van der Waals surface area contributed by atoms with Gasteiger partial charge in [-0.05, 0) is 74.5 Å². The SMILES string of the molecule is CCCC1CCNCC1.Cc1cc(C)c2c(c1)CN(Cc1ccc(OC(F)(F)F)cc1)C2=O. The molecule has 0 bridgehead atoms. The number of nitrogens with one attached hydrogen (secondary N) is 1. The number of rotatable bonds is 5. The Morgan fingerprint density at radius 1 is 1.09 bits per heavy atom. The van der Waals surface area contributed by atoms with Crippen LogP contribution in [0.3, 0.4) is 0 Å². The molecule has 0 spiro atoms. The maximum Gasteiger partial charge on any atom is 0.573 e. The maximum absolute atomic E-state index is 12.5. The highest BCUT2D eigenvalue weighted by Crippen LogP contribution is 2.29. The number of piperidine rings is 1. The topological polar surface area (TPSA) is 41.6 Å². The normalized spacial score (nSPS) is 16.3. The number of alkyl halides is 3. The van der Waals surface area contributed by atoms with Gasteiger partial charge in [0.05, 0.1) is 0 Å². The number of ether oxygens (including phenoxy) is 1. The maximum atomic E-state index is 12.5. The van der Waals surface area contributed by atoms with E-state index in [4.69, 9.17) is 0 Å². The Labute approximate surface area is 194 Å². The average molecular weight is 463 g/mol. The summed E-state index contributed by atoms with van der Waals surface area (Å²) in [6, 6.07) is 9.56. The van der Waals surface area contributed by atoms with Gasteiger partial charge in [-0.1, -0.05) is 49.6 Å². The van der Waals surface area contributed by atoms with E-state index in [1.807, 2.05) is 26.0 Å². The summed E-state index contributed by atoms with van der Waals surface area (Å²) in [5.41, 5.74) is 4.54. The van der Waals surface area contributed by atoms with Crippen molar-refractivity contribution in [3.05, 3.63) is 64.2 Å². The number of nitrogens with zero attached hydrogens (tertiary/aromatic N) is 1. The number of fused-ring (bicyclic) bond motifs is 1. The Balaban J connectivity index is 0.000000286. The zero-order valence-corrected chi connectivity index (χ0v) is 19.6. The number of hydrogen-bond acceptors (Lipinski definition) is 3. The molecule has 2 aliphatic rings. The summed E-state index contributed by atoms with van der Waals surface area (Å²) < 4.78 is 40.3. The summed E-state index contributed by atoms with van der Waals surface area (Å²) >= 11 is 0. The monoisotopic (exact) mass is 462 g/mol. The smallest absolute Gasteiger partial charge is 0.406 e. The summed E-state index contributed by atoms with van der Waals surface area (Å²) in [7, 11) is 0. The van der Waals surface area contributed by atoms with E-state index in [2.05, 4.69) is 17.0 Å². The van der Waals surface area contributed by atoms with Crippen LogP contribution in [0.2, 0.25) is 0 Å². The lowest BCUT2D eigenvalue weighted by Crippen LogP contribution is -2.27. The summed E-state index contributed by atoms with van der Waals surface area (Å²) in [5.74, 6) is 0.725. The van der Waals surface area contributed by atoms with E-state index in [1.54, 1.807) is 4.90 Å². The first-order valence-corrected chi connectivity index (χ1v) is 11.6. The van der Waals surface area contributed by atoms with Gasteiger partial charge >= 0.3 is 6.36 Å². The molecule has 0 aromatic heterocycles. The van der Waals surface area contributed by atoms with Crippen LogP contribution in [-0.2, 0) is 13.1 Å². The molecule has 180 valence electrons. The second-order valence-electron chi connectivity index (χ2n) is 8.95. The van der Waals surface area contributed by atoms with Crippen molar-refractivity contribution in [1.29, 1.82) is 0 Å². The van der Waals surface area contributed by atoms with Crippen LogP contribution >= 0.6 is 0 Å². The zero-order valence-electron chi connectivity index (χ0n) is 19.6. The number of carbonyl (C=O) groups excluding carboxylic acids is 1. The number of carbonyl (C=O) groups is 1. The molecule has 0 atom stereocenters. The van der Waals surface area contributed by atoms with Gasteiger partial charge in [-0.15, -0.1) is 13.2 Å². The fourth-order valence-corrected chi connectivity index (χ4v) is 4.65. The average Bonchev–Trinajstić information content (AvgIpc) is 3.05. The Bertz CT molecular complexity index is 933. The summed E-state index contributed by atoms with van der Waals surface area (Å²) in [6.45, 7) is 9.55. The largest absolute Gasteiger partial charge is 0.573 e. The lowest BCUT2D eigenvalue weighted by Gasteiger charge is -2.21. The molecule has 0 radical (unpaired) electrons. The second-order valence-corrected chi connectivity index (χ2v) is 8.95. The molecule has 2 aromatic carbocycles. The zero-order chi connectivity index (χ0) is 24.0. The highest BCUT2D eigenvalue weighted by atomic mass is 19.4. The van der Waals surface area contributed by atoms with Gasteiger partial charge in [-0.2, -0.15) is 0 Å². The number of halogens is 3. The molecule has 1 N–H and O–H groups in total. The van der Waals surface area contributed by atoms with Crippen molar-refractivity contribution >= 4 is 5.91 Å². The van der Waals surface area contributed by atoms with Crippen LogP contribution in [0.1, 0.15) is 65.2 Å². The highest BCUT2D eigenvalue weighted by Gasteiger charge is 2.31. The van der Waals surface area contributed by atoms with Crippen LogP contribution in [0.4, 0.5) is 13.2 Å². The van der Waals surface area contributed by atoms with Crippen molar-refractivity contribution in [1.82, 2.24) is 10.2 Å². The van der Waals surface area contributed by atoms with Gasteiger partial charge in [-0.25, -0.2) is 0 Å². The Morgan fingerprint density at radius 2 is 1.76 bits per heavy atom. The minimum atomic E-state index is -4.70. The lowest BCUT2D eigenvalue weighted by atomic mass is 9.94. The molecule has 0 aliphatic carbocycles. The van der Waals surface area contributed by atoms with Crippen molar-refractivity contribution < 1.29 is 22.7 Å².